The first kappa shape index (κ1) is 40.7. The highest BCUT2D eigenvalue weighted by Crippen LogP contribution is 2.57. The number of hydrogen-bond acceptors (Lipinski definition) is 19. The Bertz CT molecular complexity index is 2340. The quantitative estimate of drug-likeness (QED) is 0.0950. The summed E-state index contributed by atoms with van der Waals surface area (Å²) >= 11 is 0. The van der Waals surface area contributed by atoms with Crippen molar-refractivity contribution >= 4 is 27.7 Å². The van der Waals surface area contributed by atoms with Crippen LogP contribution in [0.5, 0.6) is 40.4 Å². The van der Waals surface area contributed by atoms with Crippen LogP contribution in [-0.4, -0.2) is 110 Å². The number of nitrogens with zero attached hydrogens (tertiary/aromatic N) is 3. The van der Waals surface area contributed by atoms with Gasteiger partial charge in [0.2, 0.25) is 25.1 Å². The average molecular weight is 842 g/mol. The van der Waals surface area contributed by atoms with Crippen molar-refractivity contribution in [1.82, 2.24) is 10.1 Å². The smallest absolute Gasteiger partial charge is 0.414 e. The molecule has 59 heavy (non-hydrogen) atoms. The van der Waals surface area contributed by atoms with Crippen LogP contribution in [0.25, 0.3) is 11.1 Å². The highest BCUT2D eigenvalue weighted by molar-refractivity contribution is 7.91. The van der Waals surface area contributed by atoms with Gasteiger partial charge in [0.1, 0.15) is 12.2 Å². The lowest BCUT2D eigenvalue weighted by atomic mass is 9.91. The molecule has 3 aromatic carbocycles. The van der Waals surface area contributed by atoms with Crippen LogP contribution in [0.2, 0.25) is 0 Å². The molecule has 20 nitrogen and oxygen atoms in total. The standard InChI is InChI=1S/C38H39N3O17S/c1-21(12-15-51-35-36(41(45)58-39-35)59(46,47)23-8-6-5-7-9-23)56-28(42)18-40-13-10-22(11-14-40)57-38(44)25-17-27(49-3)32-34(55-20-53-32)30(25)29-24(37(43)50-4)16-26(48-2)31-33(29)54-19-52-31/h5-9,16-17,21-22H,10-15,18-20H2,1-4H3. The number of benzene rings is 3. The van der Waals surface area contributed by atoms with Crippen LogP contribution in [0.3, 0.4) is 0 Å². The maximum absolute atomic E-state index is 14.1. The van der Waals surface area contributed by atoms with Crippen molar-refractivity contribution in [1.29, 1.82) is 0 Å². The number of hydrogen-bond donors (Lipinski definition) is 0. The number of carbonyl (C=O) groups is 3. The zero-order valence-corrected chi connectivity index (χ0v) is 33.1. The maximum atomic E-state index is 14.1. The summed E-state index contributed by atoms with van der Waals surface area (Å²) in [5.74, 6) is -1.46. The summed E-state index contributed by atoms with van der Waals surface area (Å²) in [5.41, 5.74) is 0.279. The molecule has 314 valence electrons. The first-order chi connectivity index (χ1) is 28.4. The highest BCUT2D eigenvalue weighted by atomic mass is 32.2. The molecule has 3 aliphatic heterocycles. The van der Waals surface area contributed by atoms with E-state index < -0.39 is 50.9 Å². The van der Waals surface area contributed by atoms with Gasteiger partial charge in [-0.3, -0.25) is 14.3 Å². The normalized spacial score (nSPS) is 15.3. The van der Waals surface area contributed by atoms with Crippen LogP contribution in [0.1, 0.15) is 46.9 Å². The van der Waals surface area contributed by atoms with E-state index in [1.807, 2.05) is 4.90 Å². The molecular formula is C38H39N3O17S. The van der Waals surface area contributed by atoms with Crippen LogP contribution < -0.4 is 38.1 Å². The second-order valence-electron chi connectivity index (χ2n) is 13.3. The van der Waals surface area contributed by atoms with Gasteiger partial charge in [0.25, 0.3) is 9.84 Å². The molecule has 0 aliphatic carbocycles. The van der Waals surface area contributed by atoms with Crippen LogP contribution in [0, 0.1) is 5.21 Å². The average Bonchev–Trinajstić information content (AvgIpc) is 4.01. The lowest BCUT2D eigenvalue weighted by Crippen LogP contribution is -2.41. The van der Waals surface area contributed by atoms with E-state index in [4.69, 9.17) is 47.4 Å². The van der Waals surface area contributed by atoms with E-state index in [-0.39, 0.29) is 99.7 Å². The van der Waals surface area contributed by atoms with E-state index in [2.05, 4.69) is 9.79 Å². The molecular weight excluding hydrogens is 802 g/mol. The van der Waals surface area contributed by atoms with Gasteiger partial charge in [-0.15, -0.1) is 0 Å². The molecule has 1 fully saturated rings. The molecule has 0 spiro atoms. The minimum Gasteiger partial charge on any atom is -0.493 e. The number of ether oxygens (including phenoxy) is 10. The van der Waals surface area contributed by atoms with Crippen molar-refractivity contribution in [3.63, 3.8) is 0 Å². The Morgan fingerprint density at radius 2 is 1.46 bits per heavy atom. The molecule has 4 aromatic rings. The van der Waals surface area contributed by atoms with Crippen LogP contribution in [-0.2, 0) is 28.8 Å². The Kier molecular flexibility index (Phi) is 11.8. The number of carbonyl (C=O) groups excluding carboxylic acids is 3. The number of piperidine rings is 1. The topological polar surface area (TPSA) is 234 Å². The number of sulfone groups is 1. The van der Waals surface area contributed by atoms with Gasteiger partial charge < -0.3 is 52.6 Å². The van der Waals surface area contributed by atoms with Gasteiger partial charge in [-0.1, -0.05) is 18.2 Å². The number of methoxy groups -OCH3 is 3. The zero-order chi connectivity index (χ0) is 41.8. The molecule has 0 saturated carbocycles. The Morgan fingerprint density at radius 1 is 0.881 bits per heavy atom. The van der Waals surface area contributed by atoms with E-state index in [0.717, 1.165) is 0 Å². The number of aromatic nitrogens is 2. The lowest BCUT2D eigenvalue weighted by Gasteiger charge is -2.31. The number of esters is 3. The number of likely N-dealkylation sites (tertiary alicyclic amines) is 1. The van der Waals surface area contributed by atoms with Crippen LogP contribution >= 0.6 is 0 Å². The highest BCUT2D eigenvalue weighted by Gasteiger charge is 2.39. The van der Waals surface area contributed by atoms with Crippen LogP contribution in [0.4, 0.5) is 0 Å². The van der Waals surface area contributed by atoms with Gasteiger partial charge in [0, 0.05) is 30.6 Å². The third kappa shape index (κ3) is 8.15. The molecule has 0 amide bonds. The molecule has 1 atom stereocenters. The van der Waals surface area contributed by atoms with Crippen molar-refractivity contribution in [3.8, 4) is 51.5 Å². The van der Waals surface area contributed by atoms with Gasteiger partial charge in [-0.2, -0.15) is 0 Å². The second kappa shape index (κ2) is 17.2. The monoisotopic (exact) mass is 841 g/mol. The van der Waals surface area contributed by atoms with Crippen LogP contribution in [0.15, 0.2) is 57.0 Å². The molecule has 1 aromatic heterocycles. The number of fused-ring (bicyclic) bond motifs is 2. The molecule has 7 rings (SSSR count). The van der Waals surface area contributed by atoms with E-state index in [9.17, 15) is 28.0 Å². The van der Waals surface area contributed by atoms with Crippen molar-refractivity contribution < 1.29 is 79.7 Å². The largest absolute Gasteiger partial charge is 0.493 e. The van der Waals surface area contributed by atoms with Gasteiger partial charge in [-0.05, 0) is 48.9 Å². The van der Waals surface area contributed by atoms with E-state index in [1.54, 1.807) is 13.0 Å². The minimum atomic E-state index is -4.29. The fraction of sp³-hybridized carbons (Fsp3) is 0.395. The fourth-order valence-corrected chi connectivity index (χ4v) is 8.07. The predicted molar refractivity (Wildman–Crippen MR) is 196 cm³/mol. The second-order valence-corrected chi connectivity index (χ2v) is 15.2. The van der Waals surface area contributed by atoms with Gasteiger partial charge >= 0.3 is 28.8 Å². The number of rotatable bonds is 15. The Balaban J connectivity index is 0.973. The van der Waals surface area contributed by atoms with Crippen molar-refractivity contribution in [2.45, 2.75) is 48.3 Å². The Morgan fingerprint density at radius 3 is 2.03 bits per heavy atom. The Hall–Kier alpha value is -6.48. The Labute approximate surface area is 336 Å². The summed E-state index contributed by atoms with van der Waals surface area (Å²) in [7, 11) is -0.263. The van der Waals surface area contributed by atoms with Gasteiger partial charge in [0.15, 0.2) is 23.0 Å². The molecule has 21 heteroatoms. The third-order valence-electron chi connectivity index (χ3n) is 9.64. The summed E-state index contributed by atoms with van der Waals surface area (Å²) in [5, 5.41) is 14.8. The summed E-state index contributed by atoms with van der Waals surface area (Å²) in [6.07, 6.45) is -0.276. The molecule has 3 aliphatic rings. The van der Waals surface area contributed by atoms with Gasteiger partial charge in [0.05, 0.1) is 55.7 Å². The van der Waals surface area contributed by atoms with Crippen molar-refractivity contribution in [2.24, 2.45) is 0 Å². The molecule has 0 radical (unpaired) electrons. The van der Waals surface area contributed by atoms with Gasteiger partial charge in [-0.25, -0.2) is 18.0 Å². The SMILES string of the molecule is COC(=O)c1cc(OC)c2c(c1-c1c(C(=O)OC3CCN(CC(=O)OC(C)CCOc4no[n+]([O-])c4S(=O)(=O)c4ccccc4)CC3)cc(OC)c3c1OCO3)OCO2. The maximum Gasteiger partial charge on any atom is 0.414 e. The molecule has 4 heterocycles. The predicted octanol–water partition coefficient (Wildman–Crippen LogP) is 3.09. The molecule has 1 saturated heterocycles. The summed E-state index contributed by atoms with van der Waals surface area (Å²) < 4.78 is 86.6. The third-order valence-corrected chi connectivity index (χ3v) is 11.4. The van der Waals surface area contributed by atoms with E-state index >= 15 is 0 Å². The first-order valence-corrected chi connectivity index (χ1v) is 19.7. The molecule has 0 N–H and O–H groups in total. The lowest BCUT2D eigenvalue weighted by molar-refractivity contribution is -0.832. The summed E-state index contributed by atoms with van der Waals surface area (Å²) in [4.78, 5) is 41.6. The fourth-order valence-electron chi connectivity index (χ4n) is 6.77. The summed E-state index contributed by atoms with van der Waals surface area (Å²) in [6, 6.07) is 10.1. The van der Waals surface area contributed by atoms with E-state index in [0.29, 0.717) is 25.9 Å². The first-order valence-electron chi connectivity index (χ1n) is 18.2. The van der Waals surface area contributed by atoms with Crippen molar-refractivity contribution in [3.05, 3.63) is 58.8 Å². The molecule has 0 bridgehead atoms. The van der Waals surface area contributed by atoms with Crippen molar-refractivity contribution in [2.75, 3.05) is 61.2 Å². The summed E-state index contributed by atoms with van der Waals surface area (Å²) in [6.45, 7) is 1.86. The minimum absolute atomic E-state index is 0.00268. The van der Waals surface area contributed by atoms with E-state index in [1.165, 1.54) is 57.7 Å². The molecule has 1 unspecified atom stereocenters. The zero-order valence-electron chi connectivity index (χ0n) is 32.3.